The molecule has 0 saturated heterocycles. The average Bonchev–Trinajstić information content (AvgIpc) is 3.39. The molecule has 0 aliphatic carbocycles. The summed E-state index contributed by atoms with van der Waals surface area (Å²) in [5.41, 5.74) is 6.75. The topological polar surface area (TPSA) is 31.0 Å². The fraction of sp³-hybridized carbons (Fsp3) is 0.276. The van der Waals surface area contributed by atoms with E-state index < -0.39 is 0 Å². The van der Waals surface area contributed by atoms with Gasteiger partial charge in [-0.2, -0.15) is 0 Å². The van der Waals surface area contributed by atoms with E-state index in [1.54, 1.807) is 0 Å². The van der Waals surface area contributed by atoms with Gasteiger partial charge in [-0.25, -0.2) is 0 Å². The molecule has 0 spiro atoms. The average molecular weight is 614 g/mol. The van der Waals surface area contributed by atoms with E-state index in [-0.39, 0.29) is 20.1 Å². The van der Waals surface area contributed by atoms with Gasteiger partial charge in [0.05, 0.1) is 5.82 Å². The Morgan fingerprint density at radius 1 is 0.939 bits per heavy atom. The number of furan rings is 1. The SMILES string of the molecule is CC(C)Cc1cc2c(oc3ccccc32)c(CC(C)C)c1-n1ccnc1-c1[c-]cccc1.[Ir]. The molecule has 1 radical (unpaired) electrons. The van der Waals surface area contributed by atoms with Gasteiger partial charge in [-0.15, -0.1) is 35.9 Å². The summed E-state index contributed by atoms with van der Waals surface area (Å²) in [5, 5.41) is 2.40. The minimum absolute atomic E-state index is 0. The Balaban J connectivity index is 0.00000259. The van der Waals surface area contributed by atoms with Crippen molar-refractivity contribution in [3.63, 3.8) is 0 Å². The van der Waals surface area contributed by atoms with E-state index in [9.17, 15) is 0 Å². The molecule has 0 saturated carbocycles. The van der Waals surface area contributed by atoms with Crippen LogP contribution in [0.1, 0.15) is 38.8 Å². The number of fused-ring (bicyclic) bond motifs is 3. The molecule has 0 aliphatic rings. The Hall–Kier alpha value is -2.68. The number of para-hydroxylation sites is 1. The van der Waals surface area contributed by atoms with Crippen LogP contribution in [0.25, 0.3) is 39.0 Å². The van der Waals surface area contributed by atoms with E-state index in [1.165, 1.54) is 27.6 Å². The summed E-state index contributed by atoms with van der Waals surface area (Å²) < 4.78 is 8.73. The van der Waals surface area contributed by atoms with Crippen LogP contribution in [-0.4, -0.2) is 9.55 Å². The maximum Gasteiger partial charge on any atom is 0.140 e. The van der Waals surface area contributed by atoms with Crippen molar-refractivity contribution in [1.82, 2.24) is 9.55 Å². The first-order chi connectivity index (χ1) is 15.5. The molecule has 4 heteroatoms. The molecule has 3 aromatic carbocycles. The molecular weight excluding hydrogens is 585 g/mol. The fourth-order valence-electron chi connectivity index (χ4n) is 4.69. The first kappa shape index (κ1) is 23.5. The summed E-state index contributed by atoms with van der Waals surface area (Å²) in [6.45, 7) is 9.10. The summed E-state index contributed by atoms with van der Waals surface area (Å²) in [7, 11) is 0. The van der Waals surface area contributed by atoms with Gasteiger partial charge < -0.3 is 8.98 Å². The van der Waals surface area contributed by atoms with Crippen molar-refractivity contribution in [2.45, 2.75) is 40.5 Å². The van der Waals surface area contributed by atoms with Crippen LogP contribution < -0.4 is 0 Å². The van der Waals surface area contributed by atoms with Crippen LogP contribution in [0.2, 0.25) is 0 Å². The van der Waals surface area contributed by atoms with Crippen LogP contribution in [0.3, 0.4) is 0 Å². The Bertz CT molecular complexity index is 1380. The Morgan fingerprint density at radius 3 is 2.42 bits per heavy atom. The third-order valence-corrected chi connectivity index (χ3v) is 5.89. The molecule has 0 N–H and O–H groups in total. The second kappa shape index (κ2) is 9.67. The predicted octanol–water partition coefficient (Wildman–Crippen LogP) is 7.63. The summed E-state index contributed by atoms with van der Waals surface area (Å²) in [6.07, 6.45) is 5.89. The Kier molecular flexibility index (Phi) is 6.88. The van der Waals surface area contributed by atoms with E-state index in [4.69, 9.17) is 9.40 Å². The van der Waals surface area contributed by atoms with Gasteiger partial charge in [0.15, 0.2) is 0 Å². The minimum atomic E-state index is 0. The van der Waals surface area contributed by atoms with E-state index in [2.05, 4.69) is 74.9 Å². The number of imidazole rings is 1. The zero-order chi connectivity index (χ0) is 22.2. The second-order valence-electron chi connectivity index (χ2n) is 9.43. The first-order valence-electron chi connectivity index (χ1n) is 11.5. The normalized spacial score (nSPS) is 11.6. The van der Waals surface area contributed by atoms with Crippen LogP contribution in [0.4, 0.5) is 0 Å². The van der Waals surface area contributed by atoms with Gasteiger partial charge in [-0.3, -0.25) is 4.98 Å². The summed E-state index contributed by atoms with van der Waals surface area (Å²) in [6, 6.07) is 22.1. The molecule has 5 rings (SSSR count). The molecule has 0 bridgehead atoms. The summed E-state index contributed by atoms with van der Waals surface area (Å²) in [4.78, 5) is 4.73. The van der Waals surface area contributed by atoms with Gasteiger partial charge in [0.25, 0.3) is 0 Å². The number of aromatic nitrogens is 2. The molecule has 2 heterocycles. The molecule has 0 fully saturated rings. The molecular formula is C29H29IrN2O-. The molecule has 0 atom stereocenters. The van der Waals surface area contributed by atoms with Crippen molar-refractivity contribution >= 4 is 21.9 Å². The zero-order valence-corrected chi connectivity index (χ0v) is 22.0. The zero-order valence-electron chi connectivity index (χ0n) is 19.6. The molecule has 171 valence electrons. The molecule has 3 nitrogen and oxygen atoms in total. The number of nitrogens with zero attached hydrogens (tertiary/aromatic N) is 2. The van der Waals surface area contributed by atoms with Crippen molar-refractivity contribution in [3.8, 4) is 17.1 Å². The molecule has 5 aromatic rings. The van der Waals surface area contributed by atoms with E-state index >= 15 is 0 Å². The number of rotatable bonds is 6. The first-order valence-corrected chi connectivity index (χ1v) is 11.5. The number of hydrogen-bond acceptors (Lipinski definition) is 2. The van der Waals surface area contributed by atoms with Gasteiger partial charge in [0, 0.05) is 54.5 Å². The molecule has 0 aliphatic heterocycles. The van der Waals surface area contributed by atoms with Crippen molar-refractivity contribution in [2.24, 2.45) is 11.8 Å². The van der Waals surface area contributed by atoms with Crippen molar-refractivity contribution in [1.29, 1.82) is 0 Å². The summed E-state index contributed by atoms with van der Waals surface area (Å²) >= 11 is 0. The third kappa shape index (κ3) is 4.43. The second-order valence-corrected chi connectivity index (χ2v) is 9.43. The minimum Gasteiger partial charge on any atom is -0.456 e. The van der Waals surface area contributed by atoms with Crippen LogP contribution in [-0.2, 0) is 32.9 Å². The summed E-state index contributed by atoms with van der Waals surface area (Å²) in [5.74, 6) is 1.94. The predicted molar refractivity (Wildman–Crippen MR) is 132 cm³/mol. The van der Waals surface area contributed by atoms with Gasteiger partial charge in [0.2, 0.25) is 0 Å². The molecule has 0 amide bonds. The van der Waals surface area contributed by atoms with Gasteiger partial charge >= 0.3 is 0 Å². The standard InChI is InChI=1S/C29H29N2O.Ir/c1-19(2)16-22-18-24-23-12-8-9-13-26(23)32-28(24)25(17-20(3)4)27(22)31-15-14-30-29(31)21-10-6-5-7-11-21;/h5-10,12-15,18-20H,16-17H2,1-4H3;/q-1;. The maximum absolute atomic E-state index is 6.49. The van der Waals surface area contributed by atoms with Crippen molar-refractivity contribution in [3.05, 3.63) is 84.2 Å². The smallest absolute Gasteiger partial charge is 0.140 e. The van der Waals surface area contributed by atoms with Crippen molar-refractivity contribution in [2.75, 3.05) is 0 Å². The number of hydrogen-bond donors (Lipinski definition) is 0. The Morgan fingerprint density at radius 2 is 1.70 bits per heavy atom. The van der Waals surface area contributed by atoms with Crippen LogP contribution in [0.15, 0.2) is 71.4 Å². The largest absolute Gasteiger partial charge is 0.456 e. The van der Waals surface area contributed by atoms with Gasteiger partial charge in [-0.05, 0) is 42.4 Å². The molecule has 0 unspecified atom stereocenters. The van der Waals surface area contributed by atoms with E-state index in [0.717, 1.165) is 35.4 Å². The quantitative estimate of drug-likeness (QED) is 0.184. The van der Waals surface area contributed by atoms with Crippen LogP contribution in [0.5, 0.6) is 0 Å². The number of benzene rings is 3. The monoisotopic (exact) mass is 614 g/mol. The maximum atomic E-state index is 6.49. The Labute approximate surface area is 209 Å². The van der Waals surface area contributed by atoms with Crippen molar-refractivity contribution < 1.29 is 24.5 Å². The van der Waals surface area contributed by atoms with E-state index in [1.807, 2.05) is 30.5 Å². The van der Waals surface area contributed by atoms with Crippen LogP contribution >= 0.6 is 0 Å². The fourth-order valence-corrected chi connectivity index (χ4v) is 4.69. The van der Waals surface area contributed by atoms with Gasteiger partial charge in [0.1, 0.15) is 11.2 Å². The molecule has 2 aromatic heterocycles. The van der Waals surface area contributed by atoms with E-state index in [0.29, 0.717) is 11.8 Å². The third-order valence-electron chi connectivity index (χ3n) is 5.89. The molecule has 33 heavy (non-hydrogen) atoms. The van der Waals surface area contributed by atoms with Gasteiger partial charge in [-0.1, -0.05) is 45.9 Å². The van der Waals surface area contributed by atoms with Crippen LogP contribution in [0, 0.1) is 17.9 Å².